The van der Waals surface area contributed by atoms with Crippen LogP contribution in [0.4, 0.5) is 10.1 Å². The summed E-state index contributed by atoms with van der Waals surface area (Å²) in [6.45, 7) is 0. The first-order valence-corrected chi connectivity index (χ1v) is 11.6. The van der Waals surface area contributed by atoms with Gasteiger partial charge in [0, 0.05) is 12.3 Å². The van der Waals surface area contributed by atoms with Crippen molar-refractivity contribution in [2.45, 2.75) is 42.5 Å². The van der Waals surface area contributed by atoms with E-state index in [1.807, 2.05) is 18.2 Å². The number of thiazole rings is 1. The first kappa shape index (κ1) is 20.0. The smallest absolute Gasteiger partial charge is 0.230 e. The van der Waals surface area contributed by atoms with Gasteiger partial charge in [-0.15, -0.1) is 11.3 Å². The molecule has 0 bridgehead atoms. The van der Waals surface area contributed by atoms with E-state index in [9.17, 15) is 9.18 Å². The van der Waals surface area contributed by atoms with E-state index in [2.05, 4.69) is 15.3 Å². The van der Waals surface area contributed by atoms with Gasteiger partial charge in [-0.25, -0.2) is 9.37 Å². The summed E-state index contributed by atoms with van der Waals surface area (Å²) in [5.41, 5.74) is 2.57. The number of amides is 1. The van der Waals surface area contributed by atoms with Crippen molar-refractivity contribution in [2.75, 3.05) is 5.75 Å². The SMILES string of the molecule is O=C(CSc1nc2ccc(N=Cc3ccc(F)cc3)cc2s1)NC1CCCCC1. The zero-order chi connectivity index (χ0) is 20.1. The number of benzene rings is 2. The lowest BCUT2D eigenvalue weighted by atomic mass is 9.95. The molecular formula is C22H22FN3OS2. The van der Waals surface area contributed by atoms with Crippen molar-refractivity contribution in [1.29, 1.82) is 0 Å². The molecule has 1 aliphatic carbocycles. The van der Waals surface area contributed by atoms with Crippen LogP contribution in [0.3, 0.4) is 0 Å². The zero-order valence-corrected chi connectivity index (χ0v) is 17.6. The van der Waals surface area contributed by atoms with Crippen LogP contribution in [0.25, 0.3) is 10.2 Å². The molecular weight excluding hydrogens is 405 g/mol. The number of aromatic nitrogens is 1. The standard InChI is InChI=1S/C22H22FN3OS2/c23-16-8-6-15(7-9-16)13-24-18-10-11-19-20(12-18)29-22(26-19)28-14-21(27)25-17-4-2-1-3-5-17/h6-13,17H,1-5,14H2,(H,25,27). The van der Waals surface area contributed by atoms with E-state index in [1.165, 1.54) is 43.2 Å². The van der Waals surface area contributed by atoms with Gasteiger partial charge in [-0.2, -0.15) is 0 Å². The van der Waals surface area contributed by atoms with Crippen molar-refractivity contribution in [3.8, 4) is 0 Å². The van der Waals surface area contributed by atoms with Gasteiger partial charge in [0.2, 0.25) is 5.91 Å². The molecule has 1 heterocycles. The molecule has 2 aromatic carbocycles. The van der Waals surface area contributed by atoms with E-state index in [0.29, 0.717) is 11.8 Å². The number of nitrogens with zero attached hydrogens (tertiary/aromatic N) is 2. The minimum Gasteiger partial charge on any atom is -0.353 e. The molecule has 1 N–H and O–H groups in total. The Kier molecular flexibility index (Phi) is 6.56. The number of halogens is 1. The van der Waals surface area contributed by atoms with Crippen molar-refractivity contribution < 1.29 is 9.18 Å². The molecule has 29 heavy (non-hydrogen) atoms. The van der Waals surface area contributed by atoms with Gasteiger partial charge in [0.15, 0.2) is 4.34 Å². The number of rotatable bonds is 6. The van der Waals surface area contributed by atoms with Crippen molar-refractivity contribution in [3.63, 3.8) is 0 Å². The molecule has 0 saturated heterocycles. The topological polar surface area (TPSA) is 54.4 Å². The monoisotopic (exact) mass is 427 g/mol. The fourth-order valence-corrected chi connectivity index (χ4v) is 5.29. The molecule has 1 aliphatic rings. The maximum Gasteiger partial charge on any atom is 0.230 e. The van der Waals surface area contributed by atoms with Crippen LogP contribution in [0.15, 0.2) is 51.8 Å². The van der Waals surface area contributed by atoms with Gasteiger partial charge in [0.05, 0.1) is 21.7 Å². The summed E-state index contributed by atoms with van der Waals surface area (Å²) in [5, 5.41) is 3.14. The predicted molar refractivity (Wildman–Crippen MR) is 119 cm³/mol. The molecule has 1 aromatic heterocycles. The van der Waals surface area contributed by atoms with Crippen molar-refractivity contribution in [2.24, 2.45) is 4.99 Å². The number of carbonyl (C=O) groups excluding carboxylic acids is 1. The first-order chi connectivity index (χ1) is 14.2. The Balaban J connectivity index is 1.36. The molecule has 0 aliphatic heterocycles. The van der Waals surface area contributed by atoms with E-state index in [4.69, 9.17) is 0 Å². The summed E-state index contributed by atoms with van der Waals surface area (Å²) in [5.74, 6) is 0.225. The van der Waals surface area contributed by atoms with Gasteiger partial charge >= 0.3 is 0 Å². The third-order valence-electron chi connectivity index (χ3n) is 4.88. The van der Waals surface area contributed by atoms with Crippen LogP contribution in [-0.4, -0.2) is 28.9 Å². The third kappa shape index (κ3) is 5.64. The molecule has 0 spiro atoms. The largest absolute Gasteiger partial charge is 0.353 e. The van der Waals surface area contributed by atoms with Crippen LogP contribution >= 0.6 is 23.1 Å². The van der Waals surface area contributed by atoms with Gasteiger partial charge in [-0.1, -0.05) is 43.2 Å². The number of carbonyl (C=O) groups is 1. The van der Waals surface area contributed by atoms with Crippen LogP contribution in [-0.2, 0) is 4.79 Å². The normalized spacial score (nSPS) is 15.2. The minimum atomic E-state index is -0.259. The summed E-state index contributed by atoms with van der Waals surface area (Å²) in [6, 6.07) is 12.4. The molecule has 0 atom stereocenters. The quantitative estimate of drug-likeness (QED) is 0.404. The maximum absolute atomic E-state index is 13.0. The van der Waals surface area contributed by atoms with Crippen LogP contribution in [0.5, 0.6) is 0 Å². The Hall–Kier alpha value is -2.25. The zero-order valence-electron chi connectivity index (χ0n) is 15.9. The number of nitrogens with one attached hydrogen (secondary N) is 1. The highest BCUT2D eigenvalue weighted by atomic mass is 32.2. The van der Waals surface area contributed by atoms with Gasteiger partial charge < -0.3 is 5.32 Å². The first-order valence-electron chi connectivity index (χ1n) is 9.78. The Morgan fingerprint density at radius 2 is 2.00 bits per heavy atom. The van der Waals surface area contributed by atoms with Crippen LogP contribution in [0, 0.1) is 5.82 Å². The van der Waals surface area contributed by atoms with Crippen molar-refractivity contribution in [3.05, 3.63) is 53.8 Å². The molecule has 1 fully saturated rings. The average Bonchev–Trinajstić information content (AvgIpc) is 3.15. The summed E-state index contributed by atoms with van der Waals surface area (Å²) in [7, 11) is 0. The van der Waals surface area contributed by atoms with Crippen LogP contribution < -0.4 is 5.32 Å². The molecule has 4 rings (SSSR count). The molecule has 3 aromatic rings. The van der Waals surface area contributed by atoms with E-state index in [-0.39, 0.29) is 11.7 Å². The number of fused-ring (bicyclic) bond motifs is 1. The Morgan fingerprint density at radius 1 is 1.21 bits per heavy atom. The molecule has 1 amide bonds. The maximum atomic E-state index is 13.0. The predicted octanol–water partition coefficient (Wildman–Crippen LogP) is 5.73. The number of aliphatic imine (C=N–C) groups is 1. The second-order valence-corrected chi connectivity index (χ2v) is 9.39. The molecule has 0 unspecified atom stereocenters. The second kappa shape index (κ2) is 9.50. The van der Waals surface area contributed by atoms with Gasteiger partial charge in [-0.05, 0) is 48.7 Å². The Labute approximate surface area is 177 Å². The fraction of sp³-hybridized carbons (Fsp3) is 0.318. The Bertz CT molecular complexity index is 1010. The molecule has 7 heteroatoms. The molecule has 4 nitrogen and oxygen atoms in total. The summed E-state index contributed by atoms with van der Waals surface area (Å²) in [6.07, 6.45) is 7.61. The second-order valence-electron chi connectivity index (χ2n) is 7.13. The molecule has 0 radical (unpaired) electrons. The number of hydrogen-bond donors (Lipinski definition) is 1. The number of thioether (sulfide) groups is 1. The van der Waals surface area contributed by atoms with Crippen molar-refractivity contribution in [1.82, 2.24) is 10.3 Å². The fourth-order valence-electron chi connectivity index (χ4n) is 3.38. The highest BCUT2D eigenvalue weighted by Gasteiger charge is 2.16. The van der Waals surface area contributed by atoms with Crippen LogP contribution in [0.2, 0.25) is 0 Å². The number of hydrogen-bond acceptors (Lipinski definition) is 5. The molecule has 1 saturated carbocycles. The van der Waals surface area contributed by atoms with Gasteiger partial charge in [0.1, 0.15) is 5.82 Å². The summed E-state index contributed by atoms with van der Waals surface area (Å²) in [4.78, 5) is 21.3. The Morgan fingerprint density at radius 3 is 2.79 bits per heavy atom. The molecule has 150 valence electrons. The summed E-state index contributed by atoms with van der Waals surface area (Å²) < 4.78 is 14.9. The van der Waals surface area contributed by atoms with E-state index in [1.54, 1.807) is 29.7 Å². The van der Waals surface area contributed by atoms with E-state index < -0.39 is 0 Å². The van der Waals surface area contributed by atoms with E-state index >= 15 is 0 Å². The average molecular weight is 428 g/mol. The summed E-state index contributed by atoms with van der Waals surface area (Å²) >= 11 is 3.05. The van der Waals surface area contributed by atoms with Gasteiger partial charge in [-0.3, -0.25) is 9.79 Å². The highest BCUT2D eigenvalue weighted by Crippen LogP contribution is 2.32. The van der Waals surface area contributed by atoms with Gasteiger partial charge in [0.25, 0.3) is 0 Å². The lowest BCUT2D eigenvalue weighted by molar-refractivity contribution is -0.119. The minimum absolute atomic E-state index is 0.0887. The lowest BCUT2D eigenvalue weighted by Crippen LogP contribution is -2.37. The van der Waals surface area contributed by atoms with Crippen molar-refractivity contribution >= 4 is 51.1 Å². The lowest BCUT2D eigenvalue weighted by Gasteiger charge is -2.22. The van der Waals surface area contributed by atoms with E-state index in [0.717, 1.165) is 38.6 Å². The van der Waals surface area contributed by atoms with Crippen LogP contribution in [0.1, 0.15) is 37.7 Å². The third-order valence-corrected chi connectivity index (χ3v) is 7.04. The highest BCUT2D eigenvalue weighted by molar-refractivity contribution is 8.01.